The summed E-state index contributed by atoms with van der Waals surface area (Å²) in [6, 6.07) is 47.3. The van der Waals surface area contributed by atoms with E-state index >= 15 is 0 Å². The number of nitriles is 2. The Morgan fingerprint density at radius 2 is 0.980 bits per heavy atom. The zero-order valence-electron chi connectivity index (χ0n) is 29.3. The highest BCUT2D eigenvalue weighted by atomic mass is 15.0. The molecule has 50 heavy (non-hydrogen) atoms. The molecule has 0 amide bonds. The van der Waals surface area contributed by atoms with Crippen molar-refractivity contribution in [3.05, 3.63) is 144 Å². The van der Waals surface area contributed by atoms with Gasteiger partial charge in [0.05, 0.1) is 51.0 Å². The number of fused-ring (bicyclic) bond motifs is 6. The topological polar surface area (TPSA) is 57.4 Å². The van der Waals surface area contributed by atoms with Gasteiger partial charge < -0.3 is 9.13 Å². The van der Waals surface area contributed by atoms with E-state index in [0.717, 1.165) is 49.8 Å². The van der Waals surface area contributed by atoms with Crippen molar-refractivity contribution in [1.29, 1.82) is 10.5 Å². The molecular weight excluding hydrogens is 609 g/mol. The zero-order valence-corrected chi connectivity index (χ0v) is 29.3. The maximum atomic E-state index is 10.4. The van der Waals surface area contributed by atoms with Gasteiger partial charge in [-0.3, -0.25) is 0 Å². The second-order valence-electron chi connectivity index (χ2n) is 15.3. The van der Waals surface area contributed by atoms with Gasteiger partial charge in [0, 0.05) is 38.4 Å². The molecule has 6 aromatic carbocycles. The summed E-state index contributed by atoms with van der Waals surface area (Å²) in [6.45, 7) is 13.5. The van der Waals surface area contributed by atoms with Crippen LogP contribution in [0.2, 0.25) is 0 Å². The average molecular weight is 647 g/mol. The molecule has 0 saturated carbocycles. The van der Waals surface area contributed by atoms with E-state index in [1.807, 2.05) is 18.2 Å². The molecule has 242 valence electrons. The number of hydrogen-bond donors (Lipinski definition) is 0. The van der Waals surface area contributed by atoms with E-state index in [1.165, 1.54) is 21.9 Å². The van der Waals surface area contributed by atoms with Crippen LogP contribution in [0.5, 0.6) is 0 Å². The molecule has 0 N–H and O–H groups in total. The van der Waals surface area contributed by atoms with Gasteiger partial charge in [-0.15, -0.1) is 0 Å². The van der Waals surface area contributed by atoms with Crippen molar-refractivity contribution in [1.82, 2.24) is 9.13 Å². The minimum absolute atomic E-state index is 0.0294. The molecule has 0 bridgehead atoms. The van der Waals surface area contributed by atoms with Crippen molar-refractivity contribution in [2.45, 2.75) is 52.4 Å². The molecule has 0 atom stereocenters. The molecule has 4 nitrogen and oxygen atoms in total. The van der Waals surface area contributed by atoms with E-state index in [1.54, 1.807) is 6.07 Å². The van der Waals surface area contributed by atoms with Crippen molar-refractivity contribution < 1.29 is 0 Å². The van der Waals surface area contributed by atoms with Crippen molar-refractivity contribution >= 4 is 43.6 Å². The number of nitrogens with zero attached hydrogens (tertiary/aromatic N) is 4. The van der Waals surface area contributed by atoms with Gasteiger partial charge in [-0.2, -0.15) is 10.5 Å². The lowest BCUT2D eigenvalue weighted by atomic mass is 9.85. The summed E-state index contributed by atoms with van der Waals surface area (Å²) in [6.07, 6.45) is 0. The molecular formula is C46H38N4. The molecule has 0 saturated heterocycles. The minimum atomic E-state index is -0.0294. The van der Waals surface area contributed by atoms with Gasteiger partial charge in [0.25, 0.3) is 0 Å². The number of aromatic nitrogens is 2. The van der Waals surface area contributed by atoms with Gasteiger partial charge in [-0.05, 0) is 88.7 Å². The largest absolute Gasteiger partial charge is 0.309 e. The SMILES string of the molecule is CC(C)(C)c1ccc2c(c1)c1cc(C(C)(C)C)ccc1n2-c1cc2c(cc1-c1c(C#N)cccc1C#N)c1ccccc1n2-c1ccccc1. The van der Waals surface area contributed by atoms with E-state index in [-0.39, 0.29) is 10.8 Å². The van der Waals surface area contributed by atoms with E-state index < -0.39 is 0 Å². The lowest BCUT2D eigenvalue weighted by Crippen LogP contribution is -2.10. The Bertz CT molecular complexity index is 2630. The van der Waals surface area contributed by atoms with Gasteiger partial charge in [-0.25, -0.2) is 0 Å². The van der Waals surface area contributed by atoms with Crippen LogP contribution in [0.15, 0.2) is 121 Å². The van der Waals surface area contributed by atoms with Gasteiger partial charge in [0.2, 0.25) is 0 Å². The first kappa shape index (κ1) is 31.2. The van der Waals surface area contributed by atoms with Crippen molar-refractivity contribution in [2.24, 2.45) is 0 Å². The predicted molar refractivity (Wildman–Crippen MR) is 207 cm³/mol. The van der Waals surface area contributed by atoms with Crippen LogP contribution in [0.25, 0.3) is 66.1 Å². The number of hydrogen-bond acceptors (Lipinski definition) is 2. The molecule has 0 fully saturated rings. The minimum Gasteiger partial charge on any atom is -0.309 e. The molecule has 2 aromatic heterocycles. The molecule has 8 aromatic rings. The highest BCUT2D eigenvalue weighted by Gasteiger charge is 2.25. The second-order valence-corrected chi connectivity index (χ2v) is 15.3. The molecule has 0 spiro atoms. The smallest absolute Gasteiger partial charge is 0.0998 e. The van der Waals surface area contributed by atoms with E-state index in [0.29, 0.717) is 16.7 Å². The summed E-state index contributed by atoms with van der Waals surface area (Å²) < 4.78 is 4.67. The van der Waals surface area contributed by atoms with E-state index in [9.17, 15) is 10.5 Å². The summed E-state index contributed by atoms with van der Waals surface area (Å²) in [4.78, 5) is 0. The summed E-state index contributed by atoms with van der Waals surface area (Å²) >= 11 is 0. The van der Waals surface area contributed by atoms with Crippen LogP contribution in [-0.4, -0.2) is 9.13 Å². The van der Waals surface area contributed by atoms with Crippen LogP contribution in [0, 0.1) is 22.7 Å². The monoisotopic (exact) mass is 646 g/mol. The number of rotatable bonds is 3. The summed E-state index contributed by atoms with van der Waals surface area (Å²) in [5.74, 6) is 0. The van der Waals surface area contributed by atoms with E-state index in [4.69, 9.17) is 0 Å². The summed E-state index contributed by atoms with van der Waals surface area (Å²) in [5, 5.41) is 25.4. The number of para-hydroxylation sites is 2. The van der Waals surface area contributed by atoms with Gasteiger partial charge in [0.15, 0.2) is 0 Å². The van der Waals surface area contributed by atoms with Crippen LogP contribution in [-0.2, 0) is 10.8 Å². The molecule has 0 unspecified atom stereocenters. The maximum Gasteiger partial charge on any atom is 0.0998 e. The third kappa shape index (κ3) is 4.80. The Morgan fingerprint density at radius 1 is 0.460 bits per heavy atom. The fraction of sp³-hybridized carbons (Fsp3) is 0.174. The molecule has 0 aliphatic carbocycles. The normalized spacial score (nSPS) is 12.2. The Hall–Kier alpha value is -6.10. The first-order chi connectivity index (χ1) is 24.0. The van der Waals surface area contributed by atoms with Crippen molar-refractivity contribution in [3.63, 3.8) is 0 Å². The van der Waals surface area contributed by atoms with Crippen LogP contribution >= 0.6 is 0 Å². The summed E-state index contributed by atoms with van der Waals surface area (Å²) in [5.41, 5.74) is 11.2. The fourth-order valence-electron chi connectivity index (χ4n) is 7.49. The Morgan fingerprint density at radius 3 is 1.54 bits per heavy atom. The van der Waals surface area contributed by atoms with E-state index in [2.05, 4.69) is 160 Å². The second kappa shape index (κ2) is 11.2. The lowest BCUT2D eigenvalue weighted by Gasteiger charge is -2.20. The van der Waals surface area contributed by atoms with Crippen molar-refractivity contribution in [2.75, 3.05) is 0 Å². The molecule has 2 heterocycles. The Balaban J connectivity index is 1.60. The Kier molecular flexibility index (Phi) is 7.00. The molecule has 4 heteroatoms. The van der Waals surface area contributed by atoms with Crippen LogP contribution in [0.1, 0.15) is 63.8 Å². The third-order valence-electron chi connectivity index (χ3n) is 10.1. The average Bonchev–Trinajstić information content (AvgIpc) is 3.61. The standard InChI is InChI=1S/C46H38N4/c1-45(2,3)31-19-21-40-35(23-31)36-24-32(46(4,5)6)20-22-41(36)50(40)43-26-42-37(25-38(43)44-29(27-47)13-12-14-30(44)28-48)34-17-10-11-18-39(34)49(42)33-15-8-7-9-16-33/h7-26H,1-6H3. The van der Waals surface area contributed by atoms with Crippen LogP contribution < -0.4 is 0 Å². The molecule has 0 aliphatic heterocycles. The maximum absolute atomic E-state index is 10.4. The molecule has 0 radical (unpaired) electrons. The zero-order chi connectivity index (χ0) is 34.9. The highest BCUT2D eigenvalue weighted by molar-refractivity contribution is 6.14. The van der Waals surface area contributed by atoms with Crippen molar-refractivity contribution in [3.8, 4) is 34.6 Å². The highest BCUT2D eigenvalue weighted by Crippen LogP contribution is 2.44. The van der Waals surface area contributed by atoms with Gasteiger partial charge in [-0.1, -0.05) is 96.1 Å². The first-order valence-corrected chi connectivity index (χ1v) is 17.2. The fourth-order valence-corrected chi connectivity index (χ4v) is 7.49. The predicted octanol–water partition coefficient (Wildman–Crippen LogP) is 11.9. The number of benzene rings is 6. The Labute approximate surface area is 293 Å². The van der Waals surface area contributed by atoms with Gasteiger partial charge >= 0.3 is 0 Å². The first-order valence-electron chi connectivity index (χ1n) is 17.2. The van der Waals surface area contributed by atoms with Crippen LogP contribution in [0.4, 0.5) is 0 Å². The van der Waals surface area contributed by atoms with Gasteiger partial charge in [0.1, 0.15) is 0 Å². The molecule has 8 rings (SSSR count). The lowest BCUT2D eigenvalue weighted by molar-refractivity contribution is 0.590. The molecule has 0 aliphatic rings. The van der Waals surface area contributed by atoms with Crippen LogP contribution in [0.3, 0.4) is 0 Å². The quantitative estimate of drug-likeness (QED) is 0.192. The summed E-state index contributed by atoms with van der Waals surface area (Å²) in [7, 11) is 0. The third-order valence-corrected chi connectivity index (χ3v) is 10.1.